The molecular formula is C12H16FNO5S. The first-order valence-corrected chi connectivity index (χ1v) is 7.41. The van der Waals surface area contributed by atoms with E-state index in [0.717, 1.165) is 18.2 Å². The Bertz CT molecular complexity index is 588. The SMILES string of the molecule is CCOCC(C)OC(=O)c1ccc(F)c(S(N)(=O)=O)c1. The molecule has 0 aliphatic rings. The van der Waals surface area contributed by atoms with Gasteiger partial charge in [-0.25, -0.2) is 22.7 Å². The van der Waals surface area contributed by atoms with Crippen molar-refractivity contribution in [3.8, 4) is 0 Å². The first kappa shape index (κ1) is 16.5. The summed E-state index contributed by atoms with van der Waals surface area (Å²) in [6.07, 6.45) is -0.509. The minimum absolute atomic E-state index is 0.0984. The molecule has 0 saturated carbocycles. The van der Waals surface area contributed by atoms with Gasteiger partial charge in [0.25, 0.3) is 0 Å². The average Bonchev–Trinajstić information content (AvgIpc) is 2.35. The summed E-state index contributed by atoms with van der Waals surface area (Å²) in [5, 5.41) is 4.85. The fraction of sp³-hybridized carbons (Fsp3) is 0.417. The Balaban J connectivity index is 2.90. The molecule has 0 fully saturated rings. The summed E-state index contributed by atoms with van der Waals surface area (Å²) in [5.41, 5.74) is -0.0984. The predicted octanol–water partition coefficient (Wildman–Crippen LogP) is 1.05. The lowest BCUT2D eigenvalue weighted by molar-refractivity contribution is 0.00437. The van der Waals surface area contributed by atoms with Gasteiger partial charge in [0.1, 0.15) is 16.8 Å². The molecule has 6 nitrogen and oxygen atoms in total. The molecular weight excluding hydrogens is 289 g/mol. The maximum absolute atomic E-state index is 13.3. The van der Waals surface area contributed by atoms with Gasteiger partial charge in [0.05, 0.1) is 12.2 Å². The zero-order valence-electron chi connectivity index (χ0n) is 11.1. The van der Waals surface area contributed by atoms with Crippen molar-refractivity contribution in [3.05, 3.63) is 29.6 Å². The molecule has 0 spiro atoms. The van der Waals surface area contributed by atoms with Crippen LogP contribution >= 0.6 is 0 Å². The Kier molecular flexibility index (Phi) is 5.61. The molecule has 0 aliphatic carbocycles. The largest absolute Gasteiger partial charge is 0.457 e. The number of benzene rings is 1. The molecule has 0 bridgehead atoms. The molecule has 1 rings (SSSR count). The number of carbonyl (C=O) groups is 1. The number of primary sulfonamides is 1. The number of esters is 1. The first-order valence-electron chi connectivity index (χ1n) is 5.86. The number of halogens is 1. The maximum atomic E-state index is 13.3. The Morgan fingerprint density at radius 1 is 1.45 bits per heavy atom. The van der Waals surface area contributed by atoms with Crippen molar-refractivity contribution in [2.45, 2.75) is 24.8 Å². The van der Waals surface area contributed by atoms with Crippen LogP contribution < -0.4 is 5.14 Å². The Labute approximate surface area is 116 Å². The van der Waals surface area contributed by atoms with Crippen LogP contribution in [0.1, 0.15) is 24.2 Å². The second-order valence-corrected chi connectivity index (χ2v) is 5.60. The van der Waals surface area contributed by atoms with Gasteiger partial charge in [-0.2, -0.15) is 0 Å². The van der Waals surface area contributed by atoms with Crippen molar-refractivity contribution in [2.24, 2.45) is 5.14 Å². The highest BCUT2D eigenvalue weighted by Gasteiger charge is 2.19. The van der Waals surface area contributed by atoms with Crippen molar-refractivity contribution in [3.63, 3.8) is 0 Å². The minimum Gasteiger partial charge on any atom is -0.457 e. The van der Waals surface area contributed by atoms with Crippen molar-refractivity contribution in [1.29, 1.82) is 0 Å². The van der Waals surface area contributed by atoms with Crippen LogP contribution in [-0.2, 0) is 19.5 Å². The molecule has 0 aliphatic heterocycles. The third kappa shape index (κ3) is 4.55. The summed E-state index contributed by atoms with van der Waals surface area (Å²) in [4.78, 5) is 11.0. The summed E-state index contributed by atoms with van der Waals surface area (Å²) in [6, 6.07) is 2.82. The van der Waals surface area contributed by atoms with Gasteiger partial charge in [-0.05, 0) is 32.0 Å². The van der Waals surface area contributed by atoms with Gasteiger partial charge in [-0.1, -0.05) is 0 Å². The highest BCUT2D eigenvalue weighted by molar-refractivity contribution is 7.89. The van der Waals surface area contributed by atoms with E-state index >= 15 is 0 Å². The smallest absolute Gasteiger partial charge is 0.338 e. The molecule has 0 heterocycles. The molecule has 1 atom stereocenters. The Morgan fingerprint density at radius 2 is 2.10 bits per heavy atom. The Morgan fingerprint density at radius 3 is 2.65 bits per heavy atom. The number of hydrogen-bond acceptors (Lipinski definition) is 5. The van der Waals surface area contributed by atoms with Crippen molar-refractivity contribution < 1.29 is 27.1 Å². The molecule has 2 N–H and O–H groups in total. The topological polar surface area (TPSA) is 95.7 Å². The van der Waals surface area contributed by atoms with Gasteiger partial charge < -0.3 is 9.47 Å². The lowest BCUT2D eigenvalue weighted by Gasteiger charge is -2.13. The third-order valence-corrected chi connectivity index (χ3v) is 3.26. The van der Waals surface area contributed by atoms with Crippen molar-refractivity contribution in [1.82, 2.24) is 0 Å². The van der Waals surface area contributed by atoms with Crippen LogP contribution in [0.3, 0.4) is 0 Å². The lowest BCUT2D eigenvalue weighted by atomic mass is 10.2. The van der Waals surface area contributed by atoms with Crippen LogP contribution in [0.4, 0.5) is 4.39 Å². The average molecular weight is 305 g/mol. The van der Waals surface area contributed by atoms with E-state index in [0.29, 0.717) is 6.61 Å². The van der Waals surface area contributed by atoms with E-state index in [1.165, 1.54) is 0 Å². The fourth-order valence-corrected chi connectivity index (χ4v) is 2.05. The lowest BCUT2D eigenvalue weighted by Crippen LogP contribution is -2.21. The van der Waals surface area contributed by atoms with Crippen LogP contribution in [0.25, 0.3) is 0 Å². The van der Waals surface area contributed by atoms with Gasteiger partial charge in [-0.3, -0.25) is 0 Å². The highest BCUT2D eigenvalue weighted by Crippen LogP contribution is 2.16. The van der Waals surface area contributed by atoms with Crippen LogP contribution in [0.2, 0.25) is 0 Å². The van der Waals surface area contributed by atoms with E-state index in [1.807, 2.05) is 0 Å². The molecule has 1 unspecified atom stereocenters. The zero-order valence-corrected chi connectivity index (χ0v) is 11.9. The monoisotopic (exact) mass is 305 g/mol. The maximum Gasteiger partial charge on any atom is 0.338 e. The standard InChI is InChI=1S/C12H16FNO5S/c1-3-18-7-8(2)19-12(15)9-4-5-10(13)11(6-9)20(14,16)17/h4-6,8H,3,7H2,1-2H3,(H2,14,16,17). The normalized spacial score (nSPS) is 13.0. The molecule has 0 saturated heterocycles. The number of rotatable bonds is 6. The van der Waals surface area contributed by atoms with Crippen LogP contribution in [-0.4, -0.2) is 33.7 Å². The van der Waals surface area contributed by atoms with E-state index in [9.17, 15) is 17.6 Å². The van der Waals surface area contributed by atoms with Gasteiger partial charge in [0, 0.05) is 6.61 Å². The third-order valence-electron chi connectivity index (χ3n) is 2.34. The van der Waals surface area contributed by atoms with Gasteiger partial charge in [0.15, 0.2) is 0 Å². The summed E-state index contributed by atoms with van der Waals surface area (Å²) in [7, 11) is -4.24. The van der Waals surface area contributed by atoms with Gasteiger partial charge in [-0.15, -0.1) is 0 Å². The van der Waals surface area contributed by atoms with E-state index in [1.54, 1.807) is 13.8 Å². The zero-order chi connectivity index (χ0) is 15.3. The van der Waals surface area contributed by atoms with Crippen LogP contribution in [0.5, 0.6) is 0 Å². The quantitative estimate of drug-likeness (QED) is 0.793. The first-order chi connectivity index (χ1) is 9.25. The molecule has 0 aromatic heterocycles. The molecule has 0 amide bonds. The van der Waals surface area contributed by atoms with Gasteiger partial charge in [0.2, 0.25) is 10.0 Å². The number of sulfonamides is 1. The van der Waals surface area contributed by atoms with E-state index in [-0.39, 0.29) is 12.2 Å². The molecule has 1 aromatic carbocycles. The highest BCUT2D eigenvalue weighted by atomic mass is 32.2. The second kappa shape index (κ2) is 6.78. The summed E-state index contributed by atoms with van der Waals surface area (Å²) in [5.74, 6) is -1.80. The Hall–Kier alpha value is -1.51. The van der Waals surface area contributed by atoms with E-state index in [2.05, 4.69) is 0 Å². The van der Waals surface area contributed by atoms with E-state index in [4.69, 9.17) is 14.6 Å². The van der Waals surface area contributed by atoms with Crippen LogP contribution in [0, 0.1) is 5.82 Å². The predicted molar refractivity (Wildman–Crippen MR) is 69.1 cm³/mol. The fourth-order valence-electron chi connectivity index (χ4n) is 1.42. The van der Waals surface area contributed by atoms with Gasteiger partial charge >= 0.3 is 5.97 Å². The van der Waals surface area contributed by atoms with Crippen LogP contribution in [0.15, 0.2) is 23.1 Å². The van der Waals surface area contributed by atoms with Crippen molar-refractivity contribution >= 4 is 16.0 Å². The summed E-state index contributed by atoms with van der Waals surface area (Å²) >= 11 is 0. The summed E-state index contributed by atoms with van der Waals surface area (Å²) in [6.45, 7) is 4.12. The number of nitrogens with two attached hydrogens (primary N) is 1. The molecule has 8 heteroatoms. The number of hydrogen-bond donors (Lipinski definition) is 1. The van der Waals surface area contributed by atoms with Crippen molar-refractivity contribution in [2.75, 3.05) is 13.2 Å². The van der Waals surface area contributed by atoms with E-state index < -0.39 is 32.8 Å². The molecule has 0 radical (unpaired) electrons. The molecule has 112 valence electrons. The minimum atomic E-state index is -4.24. The second-order valence-electron chi connectivity index (χ2n) is 4.07. The molecule has 1 aromatic rings. The number of ether oxygens (including phenoxy) is 2. The summed E-state index contributed by atoms with van der Waals surface area (Å²) < 4.78 is 45.7. The molecule has 20 heavy (non-hydrogen) atoms. The number of carbonyl (C=O) groups excluding carboxylic acids is 1.